The highest BCUT2D eigenvalue weighted by Gasteiger charge is 2.21. The summed E-state index contributed by atoms with van der Waals surface area (Å²) >= 11 is 0. The molecule has 1 unspecified atom stereocenters. The van der Waals surface area contributed by atoms with Crippen molar-refractivity contribution in [3.8, 4) is 0 Å². The lowest BCUT2D eigenvalue weighted by atomic mass is 10.1. The van der Waals surface area contributed by atoms with Crippen molar-refractivity contribution in [2.75, 3.05) is 18.4 Å². The van der Waals surface area contributed by atoms with Crippen molar-refractivity contribution >= 4 is 17.3 Å². The molecule has 22 heavy (non-hydrogen) atoms. The number of carbonyl (C=O) groups is 1. The molecule has 1 fully saturated rings. The van der Waals surface area contributed by atoms with Crippen LogP contribution in [0.2, 0.25) is 0 Å². The molecule has 0 spiro atoms. The van der Waals surface area contributed by atoms with Crippen molar-refractivity contribution in [2.45, 2.75) is 45.1 Å². The number of amides is 1. The van der Waals surface area contributed by atoms with Crippen LogP contribution in [0.25, 0.3) is 0 Å². The highest BCUT2D eigenvalue weighted by atomic mass is 16.6. The summed E-state index contributed by atoms with van der Waals surface area (Å²) in [6.07, 6.45) is 6.02. The van der Waals surface area contributed by atoms with Gasteiger partial charge in [0.15, 0.2) is 0 Å². The van der Waals surface area contributed by atoms with Crippen LogP contribution >= 0.6 is 0 Å². The van der Waals surface area contributed by atoms with Gasteiger partial charge >= 0.3 is 0 Å². The summed E-state index contributed by atoms with van der Waals surface area (Å²) in [5.74, 6) is -0.0607. The Morgan fingerprint density at radius 2 is 1.68 bits per heavy atom. The van der Waals surface area contributed by atoms with E-state index in [1.165, 1.54) is 31.4 Å². The molecule has 0 bridgehead atoms. The lowest BCUT2D eigenvalue weighted by Gasteiger charge is -2.29. The third kappa shape index (κ3) is 4.53. The van der Waals surface area contributed by atoms with E-state index >= 15 is 0 Å². The zero-order chi connectivity index (χ0) is 15.9. The lowest BCUT2D eigenvalue weighted by Crippen LogP contribution is -2.43. The fraction of sp³-hybridized carbons (Fsp3) is 0.562. The summed E-state index contributed by atoms with van der Waals surface area (Å²) in [5.41, 5.74) is 0.615. The van der Waals surface area contributed by atoms with Crippen LogP contribution in [0, 0.1) is 10.1 Å². The van der Waals surface area contributed by atoms with Gasteiger partial charge in [-0.1, -0.05) is 19.3 Å². The molecule has 2 rings (SSSR count). The molecule has 1 aliphatic rings. The normalized spacial score (nSPS) is 18.0. The number of hydrogen-bond acceptors (Lipinski definition) is 4. The van der Waals surface area contributed by atoms with E-state index in [1.54, 1.807) is 12.1 Å². The molecule has 6 heteroatoms. The molecule has 0 aromatic heterocycles. The summed E-state index contributed by atoms with van der Waals surface area (Å²) < 4.78 is 0. The van der Waals surface area contributed by atoms with E-state index in [2.05, 4.69) is 10.2 Å². The Kier molecular flexibility index (Phi) is 5.89. The maximum atomic E-state index is 12.3. The van der Waals surface area contributed by atoms with Gasteiger partial charge in [-0.25, -0.2) is 0 Å². The number of nitrogens with zero attached hydrogens (tertiary/aromatic N) is 2. The average Bonchev–Trinajstić information content (AvgIpc) is 2.47. The molecule has 1 aromatic rings. The molecule has 0 radical (unpaired) electrons. The molecular formula is C16H23N3O3. The number of rotatable bonds is 4. The van der Waals surface area contributed by atoms with Gasteiger partial charge in [-0.15, -0.1) is 0 Å². The Balaban J connectivity index is 1.93. The molecule has 1 atom stereocenters. The molecule has 1 saturated heterocycles. The summed E-state index contributed by atoms with van der Waals surface area (Å²) in [6, 6.07) is 5.74. The largest absolute Gasteiger partial charge is 0.325 e. The molecule has 0 saturated carbocycles. The van der Waals surface area contributed by atoms with Crippen molar-refractivity contribution < 1.29 is 9.72 Å². The predicted molar refractivity (Wildman–Crippen MR) is 85.8 cm³/mol. The van der Waals surface area contributed by atoms with Gasteiger partial charge in [0.2, 0.25) is 5.91 Å². The number of carbonyl (C=O) groups excluding carboxylic acids is 1. The number of nitrogens with one attached hydrogen (secondary N) is 1. The van der Waals surface area contributed by atoms with Crippen molar-refractivity contribution in [3.05, 3.63) is 34.4 Å². The molecule has 1 heterocycles. The molecule has 120 valence electrons. The highest BCUT2D eigenvalue weighted by molar-refractivity contribution is 5.94. The van der Waals surface area contributed by atoms with Crippen LogP contribution in [0.5, 0.6) is 0 Å². The molecule has 0 aliphatic carbocycles. The maximum Gasteiger partial charge on any atom is 0.269 e. The Bertz CT molecular complexity index is 508. The molecule has 1 N–H and O–H groups in total. The fourth-order valence-corrected chi connectivity index (χ4v) is 2.74. The van der Waals surface area contributed by atoms with Gasteiger partial charge in [-0.3, -0.25) is 19.8 Å². The van der Waals surface area contributed by atoms with E-state index in [9.17, 15) is 14.9 Å². The number of hydrogen-bond donors (Lipinski definition) is 1. The van der Waals surface area contributed by atoms with Gasteiger partial charge in [0.1, 0.15) is 0 Å². The summed E-state index contributed by atoms with van der Waals surface area (Å²) in [4.78, 5) is 24.7. The standard InChI is InChI=1S/C16H23N3O3/c1-13(18-11-5-3-2-4-6-12-18)16(20)17-14-7-9-15(10-8-14)19(21)22/h7-10,13H,2-6,11-12H2,1H3,(H,17,20). The fourth-order valence-electron chi connectivity index (χ4n) is 2.74. The van der Waals surface area contributed by atoms with Crippen LogP contribution < -0.4 is 5.32 Å². The summed E-state index contributed by atoms with van der Waals surface area (Å²) in [5, 5.41) is 13.5. The molecule has 1 amide bonds. The average molecular weight is 305 g/mol. The van der Waals surface area contributed by atoms with E-state index in [1.807, 2.05) is 6.92 Å². The summed E-state index contributed by atoms with van der Waals surface area (Å²) in [7, 11) is 0. The number of benzene rings is 1. The number of anilines is 1. The van der Waals surface area contributed by atoms with Crippen LogP contribution in [0.4, 0.5) is 11.4 Å². The molecule has 6 nitrogen and oxygen atoms in total. The van der Waals surface area contributed by atoms with Crippen molar-refractivity contribution in [1.29, 1.82) is 0 Å². The second-order valence-electron chi connectivity index (χ2n) is 5.77. The minimum atomic E-state index is -0.450. The first-order chi connectivity index (χ1) is 10.6. The van der Waals surface area contributed by atoms with Crippen molar-refractivity contribution in [1.82, 2.24) is 4.90 Å². The van der Waals surface area contributed by atoms with Gasteiger partial charge in [-0.05, 0) is 45.0 Å². The van der Waals surface area contributed by atoms with Crippen LogP contribution in [0.1, 0.15) is 39.0 Å². The Labute approximate surface area is 130 Å². The molecule has 1 aromatic carbocycles. The number of likely N-dealkylation sites (tertiary alicyclic amines) is 1. The topological polar surface area (TPSA) is 75.5 Å². The second-order valence-corrected chi connectivity index (χ2v) is 5.77. The van der Waals surface area contributed by atoms with E-state index < -0.39 is 4.92 Å². The molecule has 1 aliphatic heterocycles. The lowest BCUT2D eigenvalue weighted by molar-refractivity contribution is -0.384. The van der Waals surface area contributed by atoms with Crippen molar-refractivity contribution in [2.24, 2.45) is 0 Å². The van der Waals surface area contributed by atoms with Crippen LogP contribution in [-0.4, -0.2) is 34.9 Å². The van der Waals surface area contributed by atoms with Crippen molar-refractivity contribution in [3.63, 3.8) is 0 Å². The first kappa shape index (κ1) is 16.4. The highest BCUT2D eigenvalue weighted by Crippen LogP contribution is 2.17. The van der Waals surface area contributed by atoms with E-state index in [-0.39, 0.29) is 17.6 Å². The SMILES string of the molecule is CC(C(=O)Nc1ccc([N+](=O)[O-])cc1)N1CCCCCCC1. The smallest absolute Gasteiger partial charge is 0.269 e. The number of non-ortho nitro benzene ring substituents is 1. The minimum Gasteiger partial charge on any atom is -0.325 e. The predicted octanol–water partition coefficient (Wildman–Crippen LogP) is 3.19. The third-order valence-corrected chi connectivity index (χ3v) is 4.16. The van der Waals surface area contributed by atoms with Gasteiger partial charge in [0.25, 0.3) is 5.69 Å². The van der Waals surface area contributed by atoms with Gasteiger partial charge < -0.3 is 5.32 Å². The zero-order valence-corrected chi connectivity index (χ0v) is 13.0. The van der Waals surface area contributed by atoms with Gasteiger partial charge in [0, 0.05) is 17.8 Å². The Morgan fingerprint density at radius 3 is 2.23 bits per heavy atom. The Hall–Kier alpha value is -1.95. The van der Waals surface area contributed by atoms with Crippen LogP contribution in [0.15, 0.2) is 24.3 Å². The van der Waals surface area contributed by atoms with Crippen LogP contribution in [-0.2, 0) is 4.79 Å². The summed E-state index contributed by atoms with van der Waals surface area (Å²) in [6.45, 7) is 3.83. The maximum absolute atomic E-state index is 12.3. The first-order valence-corrected chi connectivity index (χ1v) is 7.87. The minimum absolute atomic E-state index is 0.0230. The monoisotopic (exact) mass is 305 g/mol. The van der Waals surface area contributed by atoms with Gasteiger partial charge in [-0.2, -0.15) is 0 Å². The molecular weight excluding hydrogens is 282 g/mol. The number of nitro benzene ring substituents is 1. The van der Waals surface area contributed by atoms with E-state index in [0.717, 1.165) is 25.9 Å². The zero-order valence-electron chi connectivity index (χ0n) is 13.0. The van der Waals surface area contributed by atoms with E-state index in [4.69, 9.17) is 0 Å². The second kappa shape index (κ2) is 7.89. The first-order valence-electron chi connectivity index (χ1n) is 7.87. The quantitative estimate of drug-likeness (QED) is 0.684. The number of nitro groups is 1. The Morgan fingerprint density at radius 1 is 1.14 bits per heavy atom. The van der Waals surface area contributed by atoms with Gasteiger partial charge in [0.05, 0.1) is 11.0 Å². The third-order valence-electron chi connectivity index (χ3n) is 4.16. The van der Waals surface area contributed by atoms with E-state index in [0.29, 0.717) is 5.69 Å². The van der Waals surface area contributed by atoms with Crippen LogP contribution in [0.3, 0.4) is 0 Å².